The first-order chi connectivity index (χ1) is 13.0. The summed E-state index contributed by atoms with van der Waals surface area (Å²) in [6.45, 7) is 0.275. The Bertz CT molecular complexity index is 975. The molecule has 4 nitrogen and oxygen atoms in total. The normalized spacial score (nSPS) is 21.7. The molecule has 0 saturated heterocycles. The van der Waals surface area contributed by atoms with Gasteiger partial charge in [0.15, 0.2) is 5.01 Å². The van der Waals surface area contributed by atoms with E-state index in [4.69, 9.17) is 0 Å². The van der Waals surface area contributed by atoms with Crippen molar-refractivity contribution in [2.75, 3.05) is 11.9 Å². The first-order valence-corrected chi connectivity index (χ1v) is 9.86. The van der Waals surface area contributed by atoms with Gasteiger partial charge in [-0.15, -0.1) is 10.2 Å². The third-order valence-electron chi connectivity index (χ3n) is 4.65. The average Bonchev–Trinajstić information content (AvgIpc) is 3.09. The number of alkyl halides is 1. The van der Waals surface area contributed by atoms with E-state index in [9.17, 15) is 13.2 Å². The van der Waals surface area contributed by atoms with Crippen LogP contribution in [-0.4, -0.2) is 27.9 Å². The van der Waals surface area contributed by atoms with Crippen molar-refractivity contribution in [3.05, 3.63) is 58.3 Å². The minimum atomic E-state index is -0.978. The molecule has 27 heavy (non-hydrogen) atoms. The molecule has 0 aliphatic heterocycles. The fourth-order valence-electron chi connectivity index (χ4n) is 3.30. The lowest BCUT2D eigenvalue weighted by molar-refractivity contribution is 0.0965. The molecule has 0 bridgehead atoms. The molecule has 2 aromatic heterocycles. The number of nitrogens with one attached hydrogen (secondary N) is 1. The molecule has 1 fully saturated rings. The van der Waals surface area contributed by atoms with Gasteiger partial charge in [-0.1, -0.05) is 27.3 Å². The predicted octanol–water partition coefficient (Wildman–Crippen LogP) is 5.12. The maximum Gasteiger partial charge on any atom is 0.206 e. The van der Waals surface area contributed by atoms with E-state index in [-0.39, 0.29) is 25.1 Å². The second-order valence-corrected chi connectivity index (χ2v) is 8.40. The molecule has 1 aliphatic carbocycles. The van der Waals surface area contributed by atoms with E-state index in [1.54, 1.807) is 12.1 Å². The molecule has 3 aromatic rings. The van der Waals surface area contributed by atoms with Crippen LogP contribution in [0.5, 0.6) is 0 Å². The molecule has 1 aliphatic rings. The molecular weight excluding hydrogens is 441 g/mol. The Kier molecular flexibility index (Phi) is 4.90. The van der Waals surface area contributed by atoms with Crippen molar-refractivity contribution in [2.24, 2.45) is 0 Å². The second kappa shape index (κ2) is 7.20. The summed E-state index contributed by atoms with van der Waals surface area (Å²) in [5, 5.41) is 12.0. The number of rotatable bonds is 5. The van der Waals surface area contributed by atoms with Gasteiger partial charge in [0.1, 0.15) is 17.8 Å². The predicted molar refractivity (Wildman–Crippen MR) is 101 cm³/mol. The van der Waals surface area contributed by atoms with Gasteiger partial charge in [0.2, 0.25) is 5.13 Å². The summed E-state index contributed by atoms with van der Waals surface area (Å²) >= 11 is 4.49. The molecule has 0 atom stereocenters. The maximum absolute atomic E-state index is 14.2. The van der Waals surface area contributed by atoms with Gasteiger partial charge in [-0.2, -0.15) is 0 Å². The maximum atomic E-state index is 14.2. The summed E-state index contributed by atoms with van der Waals surface area (Å²) in [6, 6.07) is 7.42. The zero-order valence-corrected chi connectivity index (χ0v) is 16.3. The molecule has 0 spiro atoms. The van der Waals surface area contributed by atoms with Crippen LogP contribution in [0, 0.1) is 11.6 Å². The standard InChI is InChI=1S/C18H14BrF3N4S/c19-10-3-4-13(21)12(6-10)16-25-26-17(27-16)24-9-18(7-11(20)8-18)15-14(22)2-1-5-23-15/h1-6,11H,7-9H2,(H,24,26). The number of pyridine rings is 1. The summed E-state index contributed by atoms with van der Waals surface area (Å²) in [4.78, 5) is 4.12. The van der Waals surface area contributed by atoms with Gasteiger partial charge in [-0.05, 0) is 43.2 Å². The molecule has 0 radical (unpaired) electrons. The average molecular weight is 455 g/mol. The zero-order chi connectivity index (χ0) is 19.0. The van der Waals surface area contributed by atoms with Gasteiger partial charge >= 0.3 is 0 Å². The number of anilines is 1. The first-order valence-electron chi connectivity index (χ1n) is 8.25. The van der Waals surface area contributed by atoms with Gasteiger partial charge in [0, 0.05) is 28.2 Å². The van der Waals surface area contributed by atoms with Crippen LogP contribution >= 0.6 is 27.3 Å². The van der Waals surface area contributed by atoms with Gasteiger partial charge in [-0.3, -0.25) is 4.98 Å². The number of nitrogens with zero attached hydrogens (tertiary/aromatic N) is 3. The molecular formula is C18H14BrF3N4S. The largest absolute Gasteiger partial charge is 0.359 e. The van der Waals surface area contributed by atoms with E-state index >= 15 is 0 Å². The zero-order valence-electron chi connectivity index (χ0n) is 13.9. The van der Waals surface area contributed by atoms with Crippen LogP contribution in [0.1, 0.15) is 18.5 Å². The quantitative estimate of drug-likeness (QED) is 0.580. The van der Waals surface area contributed by atoms with E-state index in [0.29, 0.717) is 15.7 Å². The van der Waals surface area contributed by atoms with E-state index in [1.807, 2.05) is 0 Å². The third-order valence-corrected chi connectivity index (χ3v) is 6.05. The van der Waals surface area contributed by atoms with Crippen LogP contribution in [-0.2, 0) is 5.41 Å². The van der Waals surface area contributed by atoms with E-state index in [2.05, 4.69) is 36.4 Å². The Morgan fingerprint density at radius 2 is 2.00 bits per heavy atom. The van der Waals surface area contributed by atoms with Gasteiger partial charge in [0.05, 0.1) is 5.69 Å². The molecule has 4 rings (SSSR count). The summed E-state index contributed by atoms with van der Waals surface area (Å²) in [7, 11) is 0. The van der Waals surface area contributed by atoms with Crippen molar-refractivity contribution in [3.63, 3.8) is 0 Å². The Labute approximate surface area is 166 Å². The van der Waals surface area contributed by atoms with Crippen molar-refractivity contribution < 1.29 is 13.2 Å². The van der Waals surface area contributed by atoms with Crippen molar-refractivity contribution in [1.82, 2.24) is 15.2 Å². The van der Waals surface area contributed by atoms with E-state index < -0.39 is 23.2 Å². The fraction of sp³-hybridized carbons (Fsp3) is 0.278. The smallest absolute Gasteiger partial charge is 0.206 e. The second-order valence-electron chi connectivity index (χ2n) is 6.51. The molecule has 2 heterocycles. The van der Waals surface area contributed by atoms with Crippen molar-refractivity contribution in [3.8, 4) is 10.6 Å². The van der Waals surface area contributed by atoms with Crippen LogP contribution in [0.4, 0.5) is 18.3 Å². The molecule has 0 unspecified atom stereocenters. The number of hydrogen-bond acceptors (Lipinski definition) is 5. The highest BCUT2D eigenvalue weighted by atomic mass is 79.9. The minimum Gasteiger partial charge on any atom is -0.359 e. The number of halogens is 4. The van der Waals surface area contributed by atoms with Gasteiger partial charge < -0.3 is 5.32 Å². The van der Waals surface area contributed by atoms with Crippen molar-refractivity contribution >= 4 is 32.4 Å². The minimum absolute atomic E-state index is 0.194. The fourth-order valence-corrected chi connectivity index (χ4v) is 4.41. The van der Waals surface area contributed by atoms with Crippen LogP contribution in [0.3, 0.4) is 0 Å². The highest BCUT2D eigenvalue weighted by Crippen LogP contribution is 2.45. The van der Waals surface area contributed by atoms with Crippen molar-refractivity contribution in [1.29, 1.82) is 0 Å². The Morgan fingerprint density at radius 1 is 1.19 bits per heavy atom. The molecule has 1 saturated carbocycles. The SMILES string of the molecule is Fc1ccc(Br)cc1-c1nnc(NCC2(c3ncccc3F)CC(F)C2)s1. The molecule has 1 N–H and O–H groups in total. The third kappa shape index (κ3) is 3.58. The van der Waals surface area contributed by atoms with Crippen LogP contribution in [0.2, 0.25) is 0 Å². The van der Waals surface area contributed by atoms with Crippen molar-refractivity contribution in [2.45, 2.75) is 24.4 Å². The summed E-state index contributed by atoms with van der Waals surface area (Å²) < 4.78 is 42.5. The van der Waals surface area contributed by atoms with Crippen LogP contribution < -0.4 is 5.32 Å². The first kappa shape index (κ1) is 18.4. The summed E-state index contributed by atoms with van der Waals surface area (Å²) in [6.07, 6.45) is 0.916. The molecule has 9 heteroatoms. The van der Waals surface area contributed by atoms with Gasteiger partial charge in [0.25, 0.3) is 0 Å². The lowest BCUT2D eigenvalue weighted by atomic mass is 9.65. The van der Waals surface area contributed by atoms with E-state index in [1.165, 1.54) is 35.7 Å². The number of hydrogen-bond donors (Lipinski definition) is 1. The highest BCUT2D eigenvalue weighted by Gasteiger charge is 2.48. The Hall–Kier alpha value is -2.00. The van der Waals surface area contributed by atoms with Crippen LogP contribution in [0.25, 0.3) is 10.6 Å². The Balaban J connectivity index is 1.54. The molecule has 140 valence electrons. The highest BCUT2D eigenvalue weighted by molar-refractivity contribution is 9.10. The molecule has 0 amide bonds. The molecule has 1 aromatic carbocycles. The monoisotopic (exact) mass is 454 g/mol. The Morgan fingerprint density at radius 3 is 2.74 bits per heavy atom. The number of benzene rings is 1. The lowest BCUT2D eigenvalue weighted by Gasteiger charge is -2.43. The van der Waals surface area contributed by atoms with Crippen LogP contribution in [0.15, 0.2) is 41.0 Å². The lowest BCUT2D eigenvalue weighted by Crippen LogP contribution is -2.48. The summed E-state index contributed by atoms with van der Waals surface area (Å²) in [5.41, 5.74) is -0.125. The summed E-state index contributed by atoms with van der Waals surface area (Å²) in [5.74, 6) is -0.840. The topological polar surface area (TPSA) is 50.7 Å². The van der Waals surface area contributed by atoms with E-state index in [0.717, 1.165) is 4.47 Å². The number of aromatic nitrogens is 3. The van der Waals surface area contributed by atoms with Gasteiger partial charge in [-0.25, -0.2) is 13.2 Å².